The molecule has 4 amide bonds. The molecule has 4 N–H and O–H groups in total. The maximum Gasteiger partial charge on any atom is 0.410 e. The molecule has 0 aliphatic heterocycles. The fourth-order valence-corrected chi connectivity index (χ4v) is 3.47. The highest BCUT2D eigenvalue weighted by atomic mass is 16.6. The first-order chi connectivity index (χ1) is 17.7. The van der Waals surface area contributed by atoms with E-state index in [2.05, 4.69) is 29.8 Å². The van der Waals surface area contributed by atoms with Crippen LogP contribution < -0.4 is 16.0 Å². The summed E-state index contributed by atoms with van der Waals surface area (Å²) in [6, 6.07) is 7.15. The van der Waals surface area contributed by atoms with Crippen LogP contribution in [0.1, 0.15) is 72.8 Å². The predicted octanol–water partition coefficient (Wildman–Crippen LogP) is 2.74. The van der Waals surface area contributed by atoms with Crippen LogP contribution in [0, 0.1) is 5.92 Å². The van der Waals surface area contributed by atoms with Crippen molar-refractivity contribution in [2.75, 3.05) is 13.7 Å². The topological polar surface area (TPSA) is 137 Å². The van der Waals surface area contributed by atoms with Gasteiger partial charge in [0.05, 0.1) is 6.61 Å². The van der Waals surface area contributed by atoms with Gasteiger partial charge in [-0.15, -0.1) is 0 Å². The monoisotopic (exact) mass is 534 g/mol. The zero-order chi connectivity index (χ0) is 28.9. The molecule has 0 aliphatic rings. The van der Waals surface area contributed by atoms with Crippen molar-refractivity contribution in [3.8, 4) is 0 Å². The van der Waals surface area contributed by atoms with Gasteiger partial charge in [0.2, 0.25) is 17.7 Å². The normalized spacial score (nSPS) is 13.7. The summed E-state index contributed by atoms with van der Waals surface area (Å²) in [5, 5.41) is 18.1. The third-order valence-electron chi connectivity index (χ3n) is 5.95. The van der Waals surface area contributed by atoms with Crippen LogP contribution in [0.25, 0.3) is 0 Å². The fourth-order valence-electron chi connectivity index (χ4n) is 3.47. The van der Waals surface area contributed by atoms with Crippen molar-refractivity contribution in [3.05, 3.63) is 35.9 Å². The minimum atomic E-state index is -1.20. The molecule has 0 spiro atoms. The van der Waals surface area contributed by atoms with Gasteiger partial charge in [0, 0.05) is 26.1 Å². The van der Waals surface area contributed by atoms with Gasteiger partial charge >= 0.3 is 6.09 Å². The predicted molar refractivity (Wildman–Crippen MR) is 146 cm³/mol. The second kappa shape index (κ2) is 16.0. The summed E-state index contributed by atoms with van der Waals surface area (Å²) in [5.74, 6) is -0.874. The SMILES string of the molecule is CC(C)CCC(CCC(=O)NCc1ccccc1)NC(=O)[C@H](CO)NC(=O)[C@H](C)N(C)C(=O)OC(C)(C)C. The van der Waals surface area contributed by atoms with Crippen LogP contribution in [0.15, 0.2) is 30.3 Å². The number of hydrogen-bond acceptors (Lipinski definition) is 6. The molecule has 10 nitrogen and oxygen atoms in total. The lowest BCUT2D eigenvalue weighted by molar-refractivity contribution is -0.132. The molecule has 38 heavy (non-hydrogen) atoms. The number of aliphatic hydroxyl groups excluding tert-OH is 1. The van der Waals surface area contributed by atoms with Gasteiger partial charge in [0.15, 0.2) is 0 Å². The Morgan fingerprint density at radius 1 is 0.947 bits per heavy atom. The Bertz CT molecular complexity index is 900. The highest BCUT2D eigenvalue weighted by Gasteiger charge is 2.30. The smallest absolute Gasteiger partial charge is 0.410 e. The second-order valence-corrected chi connectivity index (χ2v) is 11.0. The largest absolute Gasteiger partial charge is 0.444 e. The van der Waals surface area contributed by atoms with E-state index in [0.717, 1.165) is 16.9 Å². The number of nitrogens with one attached hydrogen (secondary N) is 3. The number of amides is 4. The van der Waals surface area contributed by atoms with E-state index < -0.39 is 42.2 Å². The summed E-state index contributed by atoms with van der Waals surface area (Å²) < 4.78 is 5.28. The van der Waals surface area contributed by atoms with Crippen molar-refractivity contribution < 1.29 is 29.0 Å². The van der Waals surface area contributed by atoms with Crippen LogP contribution in [0.3, 0.4) is 0 Å². The molecule has 0 saturated heterocycles. The average molecular weight is 535 g/mol. The van der Waals surface area contributed by atoms with Crippen molar-refractivity contribution in [2.24, 2.45) is 5.92 Å². The van der Waals surface area contributed by atoms with Crippen molar-refractivity contribution in [1.82, 2.24) is 20.9 Å². The van der Waals surface area contributed by atoms with Gasteiger partial charge in [-0.2, -0.15) is 0 Å². The van der Waals surface area contributed by atoms with Gasteiger partial charge < -0.3 is 25.8 Å². The number of carbonyl (C=O) groups excluding carboxylic acids is 4. The Balaban J connectivity index is 2.70. The first-order valence-corrected chi connectivity index (χ1v) is 13.2. The molecule has 3 atom stereocenters. The third-order valence-corrected chi connectivity index (χ3v) is 5.95. The van der Waals surface area contributed by atoms with Crippen molar-refractivity contribution >= 4 is 23.8 Å². The Morgan fingerprint density at radius 2 is 1.58 bits per heavy atom. The number of ether oxygens (including phenoxy) is 1. The Labute approximate surface area is 226 Å². The minimum Gasteiger partial charge on any atom is -0.444 e. The lowest BCUT2D eigenvalue weighted by Crippen LogP contribution is -2.56. The molecule has 0 heterocycles. The van der Waals surface area contributed by atoms with E-state index in [1.165, 1.54) is 14.0 Å². The first-order valence-electron chi connectivity index (χ1n) is 13.2. The van der Waals surface area contributed by atoms with E-state index in [4.69, 9.17) is 4.74 Å². The fraction of sp³-hybridized carbons (Fsp3) is 0.643. The van der Waals surface area contributed by atoms with Crippen molar-refractivity contribution in [2.45, 2.75) is 97.5 Å². The number of aliphatic hydroxyl groups is 1. The number of hydrogen-bond donors (Lipinski definition) is 4. The molecule has 0 fully saturated rings. The van der Waals surface area contributed by atoms with Crippen LogP contribution in [-0.2, 0) is 25.7 Å². The molecule has 10 heteroatoms. The van der Waals surface area contributed by atoms with Gasteiger partial charge in [0.1, 0.15) is 17.7 Å². The zero-order valence-electron chi connectivity index (χ0n) is 23.9. The number of benzene rings is 1. The van der Waals surface area contributed by atoms with Crippen LogP contribution in [0.2, 0.25) is 0 Å². The van der Waals surface area contributed by atoms with Gasteiger partial charge in [-0.3, -0.25) is 19.3 Å². The van der Waals surface area contributed by atoms with E-state index in [1.807, 2.05) is 30.3 Å². The van der Waals surface area contributed by atoms with E-state index in [1.54, 1.807) is 20.8 Å². The van der Waals surface area contributed by atoms with E-state index in [9.17, 15) is 24.3 Å². The molecule has 214 valence electrons. The van der Waals surface area contributed by atoms with Crippen LogP contribution in [0.4, 0.5) is 4.79 Å². The summed E-state index contributed by atoms with van der Waals surface area (Å²) in [6.07, 6.45) is 1.46. The molecule has 1 unspecified atom stereocenters. The van der Waals surface area contributed by atoms with Crippen molar-refractivity contribution in [1.29, 1.82) is 0 Å². The highest BCUT2D eigenvalue weighted by molar-refractivity contribution is 5.91. The lowest BCUT2D eigenvalue weighted by atomic mass is 9.99. The standard InChI is InChI=1S/C28H46N4O6/c1-19(2)13-14-22(15-16-24(34)29-17-21-11-9-8-10-12-21)30-26(36)23(18-33)31-25(35)20(3)32(7)27(37)38-28(4,5)6/h8-12,19-20,22-23,33H,13-18H2,1-7H3,(H,29,34)(H,30,36)(H,31,35)/t20-,22?,23-/m0/s1. The zero-order valence-corrected chi connectivity index (χ0v) is 23.9. The average Bonchev–Trinajstić information content (AvgIpc) is 2.85. The summed E-state index contributed by atoms with van der Waals surface area (Å²) in [5.41, 5.74) is 0.275. The van der Waals surface area contributed by atoms with E-state index in [-0.39, 0.29) is 18.4 Å². The van der Waals surface area contributed by atoms with Crippen LogP contribution >= 0.6 is 0 Å². The molecule has 0 saturated carbocycles. The highest BCUT2D eigenvalue weighted by Crippen LogP contribution is 2.13. The number of nitrogens with zero attached hydrogens (tertiary/aromatic N) is 1. The quantitative estimate of drug-likeness (QED) is 0.290. The molecule has 0 aliphatic carbocycles. The molecule has 0 aromatic heterocycles. The molecule has 0 radical (unpaired) electrons. The summed E-state index contributed by atoms with van der Waals surface area (Å²) in [6.45, 7) is 10.6. The Hall–Kier alpha value is -3.14. The molecule has 1 rings (SSSR count). The minimum absolute atomic E-state index is 0.122. The van der Waals surface area contributed by atoms with E-state index >= 15 is 0 Å². The van der Waals surface area contributed by atoms with Crippen molar-refractivity contribution in [3.63, 3.8) is 0 Å². The summed E-state index contributed by atoms with van der Waals surface area (Å²) in [4.78, 5) is 51.5. The van der Waals surface area contributed by atoms with E-state index in [0.29, 0.717) is 25.3 Å². The van der Waals surface area contributed by atoms with Gasteiger partial charge in [-0.1, -0.05) is 44.2 Å². The molecule has 1 aromatic rings. The Kier molecular flexibility index (Phi) is 13.8. The summed E-state index contributed by atoms with van der Waals surface area (Å²) >= 11 is 0. The molecular formula is C28H46N4O6. The van der Waals surface area contributed by atoms with Crippen LogP contribution in [0.5, 0.6) is 0 Å². The second-order valence-electron chi connectivity index (χ2n) is 11.0. The van der Waals surface area contributed by atoms with Gasteiger partial charge in [-0.25, -0.2) is 4.79 Å². The Morgan fingerprint density at radius 3 is 2.13 bits per heavy atom. The maximum absolute atomic E-state index is 12.9. The molecular weight excluding hydrogens is 488 g/mol. The summed E-state index contributed by atoms with van der Waals surface area (Å²) in [7, 11) is 1.43. The lowest BCUT2D eigenvalue weighted by Gasteiger charge is -2.29. The molecule has 1 aromatic carbocycles. The first kappa shape index (κ1) is 32.9. The number of rotatable bonds is 14. The van der Waals surface area contributed by atoms with Crippen LogP contribution in [-0.4, -0.2) is 71.2 Å². The third kappa shape index (κ3) is 12.9. The number of likely N-dealkylation sites (N-methyl/N-ethyl adjacent to an activating group) is 1. The maximum atomic E-state index is 12.9. The van der Waals surface area contributed by atoms with Gasteiger partial charge in [-0.05, 0) is 58.4 Å². The molecule has 0 bridgehead atoms. The van der Waals surface area contributed by atoms with Gasteiger partial charge in [0.25, 0.3) is 0 Å². The number of carbonyl (C=O) groups is 4.